The number of aromatic nitrogens is 4. The summed E-state index contributed by atoms with van der Waals surface area (Å²) in [6, 6.07) is 0. The van der Waals surface area contributed by atoms with E-state index >= 15 is 0 Å². The van der Waals surface area contributed by atoms with Crippen LogP contribution < -0.4 is 5.69 Å². The van der Waals surface area contributed by atoms with Gasteiger partial charge in [-0.1, -0.05) is 19.0 Å². The van der Waals surface area contributed by atoms with Gasteiger partial charge in [0.15, 0.2) is 5.82 Å². The normalized spacial score (nSPS) is 10.8. The second-order valence-electron chi connectivity index (χ2n) is 4.48. The van der Waals surface area contributed by atoms with Gasteiger partial charge in [0.05, 0.1) is 18.7 Å². The molecule has 0 unspecified atom stereocenters. The highest BCUT2D eigenvalue weighted by Gasteiger charge is 2.18. The molecule has 0 saturated heterocycles. The van der Waals surface area contributed by atoms with Crippen LogP contribution >= 0.6 is 0 Å². The van der Waals surface area contributed by atoms with E-state index in [4.69, 9.17) is 5.11 Å². The van der Waals surface area contributed by atoms with E-state index in [9.17, 15) is 9.59 Å². The van der Waals surface area contributed by atoms with E-state index in [1.54, 1.807) is 0 Å². The molecule has 0 saturated carbocycles. The van der Waals surface area contributed by atoms with Crippen molar-refractivity contribution >= 4 is 5.97 Å². The molecule has 0 aromatic carbocycles. The van der Waals surface area contributed by atoms with Crippen LogP contribution in [0.25, 0.3) is 0 Å². The number of nitrogens with zero attached hydrogens (tertiary/aromatic N) is 4. The first-order valence-electron chi connectivity index (χ1n) is 6.65. The minimum Gasteiger partial charge on any atom is -0.481 e. The Hall–Kier alpha value is -2.51. The molecule has 0 aliphatic heterocycles. The molecule has 112 valence electrons. The summed E-state index contributed by atoms with van der Waals surface area (Å²) in [4.78, 5) is 31.1. The smallest absolute Gasteiger partial charge is 0.348 e. The zero-order valence-electron chi connectivity index (χ0n) is 11.9. The quantitative estimate of drug-likeness (QED) is 0.821. The first kappa shape index (κ1) is 14.9. The summed E-state index contributed by atoms with van der Waals surface area (Å²) < 4.78 is 6.05. The fourth-order valence-corrected chi connectivity index (χ4v) is 2.31. The van der Waals surface area contributed by atoms with Gasteiger partial charge < -0.3 is 9.63 Å². The average molecular weight is 292 g/mol. The van der Waals surface area contributed by atoms with Crippen LogP contribution in [-0.2, 0) is 30.6 Å². The first-order valence-corrected chi connectivity index (χ1v) is 6.65. The van der Waals surface area contributed by atoms with E-state index < -0.39 is 11.7 Å². The Morgan fingerprint density at radius 1 is 1.38 bits per heavy atom. The molecule has 21 heavy (non-hydrogen) atoms. The Balaban J connectivity index is 2.58. The second-order valence-corrected chi connectivity index (χ2v) is 4.48. The minimum atomic E-state index is -0.953. The van der Waals surface area contributed by atoms with Crippen LogP contribution in [0.2, 0.25) is 0 Å². The predicted octanol–water partition coefficient (Wildman–Crippen LogP) is 0.426. The maximum Gasteiger partial charge on any atom is 0.348 e. The largest absolute Gasteiger partial charge is 0.481 e. The number of carboxylic acids is 1. The van der Waals surface area contributed by atoms with Crippen LogP contribution in [0.15, 0.2) is 15.7 Å². The van der Waals surface area contributed by atoms with Crippen LogP contribution in [0.5, 0.6) is 0 Å². The number of carbonyl (C=O) groups is 1. The van der Waals surface area contributed by atoms with Crippen molar-refractivity contribution < 1.29 is 14.4 Å². The van der Waals surface area contributed by atoms with Gasteiger partial charge in [0, 0.05) is 11.3 Å². The number of aryl methyl sites for hydroxylation is 1. The first-order chi connectivity index (χ1) is 10.1. The topological polar surface area (TPSA) is 111 Å². The maximum atomic E-state index is 12.2. The van der Waals surface area contributed by atoms with Crippen molar-refractivity contribution in [1.29, 1.82) is 0 Å². The Labute approximate surface area is 120 Å². The molecule has 2 rings (SSSR count). The van der Waals surface area contributed by atoms with Crippen molar-refractivity contribution in [3.8, 4) is 0 Å². The molecular formula is C13H16N4O4. The zero-order chi connectivity index (χ0) is 15.4. The van der Waals surface area contributed by atoms with Crippen molar-refractivity contribution in [3.63, 3.8) is 0 Å². The number of rotatable bonds is 6. The molecule has 2 aromatic heterocycles. The summed E-state index contributed by atoms with van der Waals surface area (Å²) in [5.74, 6) is -0.606. The third-order valence-corrected chi connectivity index (χ3v) is 3.19. The molecule has 2 heterocycles. The fraction of sp³-hybridized carbons (Fsp3) is 0.462. The summed E-state index contributed by atoms with van der Waals surface area (Å²) in [6.07, 6.45) is 2.04. The number of hydrogen-bond acceptors (Lipinski definition) is 6. The third kappa shape index (κ3) is 3.15. The van der Waals surface area contributed by atoms with E-state index in [-0.39, 0.29) is 13.0 Å². The van der Waals surface area contributed by atoms with E-state index in [1.165, 1.54) is 11.0 Å². The summed E-state index contributed by atoms with van der Waals surface area (Å²) >= 11 is 0. The van der Waals surface area contributed by atoms with Gasteiger partial charge in [0.2, 0.25) is 6.39 Å². The van der Waals surface area contributed by atoms with Crippen LogP contribution in [0, 0.1) is 0 Å². The third-order valence-electron chi connectivity index (χ3n) is 3.19. The molecule has 0 radical (unpaired) electrons. The van der Waals surface area contributed by atoms with E-state index in [1.807, 2.05) is 13.8 Å². The Bertz CT molecular complexity index is 691. The summed E-state index contributed by atoms with van der Waals surface area (Å²) in [7, 11) is 0. The van der Waals surface area contributed by atoms with Crippen molar-refractivity contribution in [2.75, 3.05) is 0 Å². The molecule has 0 atom stereocenters. The molecule has 0 amide bonds. The van der Waals surface area contributed by atoms with Crippen LogP contribution in [0.4, 0.5) is 0 Å². The number of aliphatic carboxylic acids is 1. The Morgan fingerprint density at radius 2 is 2.14 bits per heavy atom. The zero-order valence-corrected chi connectivity index (χ0v) is 11.9. The average Bonchev–Trinajstić information content (AvgIpc) is 2.94. The lowest BCUT2D eigenvalue weighted by Gasteiger charge is -2.16. The maximum absolute atomic E-state index is 12.2. The van der Waals surface area contributed by atoms with Gasteiger partial charge in [0.1, 0.15) is 0 Å². The molecule has 1 N–H and O–H groups in total. The second kappa shape index (κ2) is 6.29. The standard InChI is InChI=1S/C13H16N4O4/c1-3-9-8(5-12(18)19)10(4-2)17(13(20)15-9)6-11-14-7-21-16-11/h7H,3-6H2,1-2H3,(H,18,19). The highest BCUT2D eigenvalue weighted by Crippen LogP contribution is 2.14. The molecule has 2 aromatic rings. The van der Waals surface area contributed by atoms with E-state index in [0.717, 1.165) is 0 Å². The monoisotopic (exact) mass is 292 g/mol. The SMILES string of the molecule is CCc1nc(=O)n(Cc2ncon2)c(CC)c1CC(=O)O. The lowest BCUT2D eigenvalue weighted by molar-refractivity contribution is -0.136. The fourth-order valence-electron chi connectivity index (χ4n) is 2.31. The predicted molar refractivity (Wildman–Crippen MR) is 72.0 cm³/mol. The van der Waals surface area contributed by atoms with Crippen molar-refractivity contribution in [3.05, 3.63) is 39.7 Å². The van der Waals surface area contributed by atoms with Gasteiger partial charge in [-0.05, 0) is 12.8 Å². The molecule has 0 spiro atoms. The van der Waals surface area contributed by atoms with Gasteiger partial charge in [-0.3, -0.25) is 9.36 Å². The van der Waals surface area contributed by atoms with E-state index in [0.29, 0.717) is 35.6 Å². The summed E-state index contributed by atoms with van der Waals surface area (Å²) in [5, 5.41) is 12.7. The molecule has 0 fully saturated rings. The highest BCUT2D eigenvalue weighted by molar-refractivity contribution is 5.71. The minimum absolute atomic E-state index is 0.113. The summed E-state index contributed by atoms with van der Waals surface area (Å²) in [6.45, 7) is 3.82. The van der Waals surface area contributed by atoms with Gasteiger partial charge in [-0.15, -0.1) is 0 Å². The molecule has 0 aliphatic rings. The van der Waals surface area contributed by atoms with Gasteiger partial charge >= 0.3 is 11.7 Å². The van der Waals surface area contributed by atoms with Crippen LogP contribution in [0.1, 0.15) is 36.6 Å². The molecule has 0 aliphatic carbocycles. The van der Waals surface area contributed by atoms with Crippen molar-refractivity contribution in [1.82, 2.24) is 19.7 Å². The van der Waals surface area contributed by atoms with Crippen molar-refractivity contribution in [2.45, 2.75) is 39.7 Å². The Kier molecular flexibility index (Phi) is 4.46. The molecule has 8 heteroatoms. The molecular weight excluding hydrogens is 276 g/mol. The lowest BCUT2D eigenvalue weighted by Crippen LogP contribution is -2.31. The number of hydrogen-bond donors (Lipinski definition) is 1. The lowest BCUT2D eigenvalue weighted by atomic mass is 10.0. The van der Waals surface area contributed by atoms with Gasteiger partial charge in [0.25, 0.3) is 0 Å². The Morgan fingerprint density at radius 3 is 2.67 bits per heavy atom. The van der Waals surface area contributed by atoms with E-state index in [2.05, 4.69) is 19.6 Å². The molecule has 0 bridgehead atoms. The van der Waals surface area contributed by atoms with Gasteiger partial charge in [-0.2, -0.15) is 9.97 Å². The van der Waals surface area contributed by atoms with Crippen LogP contribution in [0.3, 0.4) is 0 Å². The summed E-state index contributed by atoms with van der Waals surface area (Å²) in [5.41, 5.74) is 1.35. The highest BCUT2D eigenvalue weighted by atomic mass is 16.5. The molecule has 8 nitrogen and oxygen atoms in total. The van der Waals surface area contributed by atoms with Gasteiger partial charge in [-0.25, -0.2) is 4.79 Å². The van der Waals surface area contributed by atoms with Crippen LogP contribution in [-0.4, -0.2) is 30.8 Å². The number of carboxylic acid groups (broad SMARTS) is 1. The van der Waals surface area contributed by atoms with Crippen molar-refractivity contribution in [2.24, 2.45) is 0 Å².